The summed E-state index contributed by atoms with van der Waals surface area (Å²) in [5, 5.41) is 0. The van der Waals surface area contributed by atoms with E-state index >= 15 is 0 Å². The normalized spacial score (nSPS) is 11.4. The molecule has 1 aromatic carbocycles. The summed E-state index contributed by atoms with van der Waals surface area (Å²) in [4.78, 5) is 10.9. The van der Waals surface area contributed by atoms with Crippen molar-refractivity contribution >= 4 is 21.9 Å². The van der Waals surface area contributed by atoms with Crippen LogP contribution in [0.1, 0.15) is 11.1 Å². The third-order valence-electron chi connectivity index (χ3n) is 1.97. The Kier molecular flexibility index (Phi) is 4.13. The summed E-state index contributed by atoms with van der Waals surface area (Å²) in [5.74, 6) is -1.81. The third kappa shape index (κ3) is 3.42. The van der Waals surface area contributed by atoms with E-state index in [9.17, 15) is 22.4 Å². The van der Waals surface area contributed by atoms with Crippen molar-refractivity contribution < 1.29 is 27.1 Å². The zero-order chi connectivity index (χ0) is 13.2. The number of carbonyl (C=O) groups excluding carboxylic acids is 1. The lowest BCUT2D eigenvalue weighted by Gasteiger charge is -2.11. The Labute approximate surface area is 103 Å². The summed E-state index contributed by atoms with van der Waals surface area (Å²) in [7, 11) is 1.10. The number of carbonyl (C=O) groups is 1. The lowest BCUT2D eigenvalue weighted by atomic mass is 10.1. The van der Waals surface area contributed by atoms with E-state index in [1.165, 1.54) is 0 Å². The van der Waals surface area contributed by atoms with Crippen molar-refractivity contribution in [2.45, 2.75) is 12.6 Å². The molecule has 0 heterocycles. The van der Waals surface area contributed by atoms with Gasteiger partial charge in [-0.15, -0.1) is 0 Å². The molecule has 17 heavy (non-hydrogen) atoms. The standard InChI is InChI=1S/C10H7BrF4O2/c1-17-8(16)4-5-2-6(10(13,14)15)9(11)7(12)3-5/h2-3H,4H2,1H3. The SMILES string of the molecule is COC(=O)Cc1cc(F)c(Br)c(C(F)(F)F)c1. The van der Waals surface area contributed by atoms with Crippen LogP contribution in [0.3, 0.4) is 0 Å². The van der Waals surface area contributed by atoms with E-state index in [1.807, 2.05) is 0 Å². The van der Waals surface area contributed by atoms with Crippen LogP contribution >= 0.6 is 15.9 Å². The summed E-state index contributed by atoms with van der Waals surface area (Å²) < 4.78 is 54.4. The van der Waals surface area contributed by atoms with E-state index in [0.717, 1.165) is 13.2 Å². The van der Waals surface area contributed by atoms with Gasteiger partial charge in [-0.05, 0) is 33.6 Å². The van der Waals surface area contributed by atoms with Crippen LogP contribution in [0, 0.1) is 5.82 Å². The van der Waals surface area contributed by atoms with Crippen LogP contribution in [0.2, 0.25) is 0 Å². The zero-order valence-electron chi connectivity index (χ0n) is 8.57. The van der Waals surface area contributed by atoms with E-state index in [2.05, 4.69) is 20.7 Å². The first kappa shape index (κ1) is 14.0. The van der Waals surface area contributed by atoms with Gasteiger partial charge in [-0.25, -0.2) is 4.39 Å². The Morgan fingerprint density at radius 2 is 2.00 bits per heavy atom. The van der Waals surface area contributed by atoms with Crippen molar-refractivity contribution in [3.8, 4) is 0 Å². The molecule has 0 aliphatic heterocycles. The van der Waals surface area contributed by atoms with Gasteiger partial charge in [0.05, 0.1) is 23.6 Å². The average molecular weight is 315 g/mol. The zero-order valence-corrected chi connectivity index (χ0v) is 10.2. The van der Waals surface area contributed by atoms with Gasteiger partial charge >= 0.3 is 12.1 Å². The fraction of sp³-hybridized carbons (Fsp3) is 0.300. The van der Waals surface area contributed by atoms with Crippen LogP contribution < -0.4 is 0 Å². The first-order chi connectivity index (χ1) is 7.75. The van der Waals surface area contributed by atoms with Crippen molar-refractivity contribution in [2.24, 2.45) is 0 Å². The van der Waals surface area contributed by atoms with E-state index < -0.39 is 34.4 Å². The Bertz CT molecular complexity index is 443. The molecule has 1 rings (SSSR count). The molecule has 0 bridgehead atoms. The van der Waals surface area contributed by atoms with Gasteiger partial charge in [0.25, 0.3) is 0 Å². The minimum atomic E-state index is -4.69. The maximum Gasteiger partial charge on any atom is 0.417 e. The molecule has 94 valence electrons. The molecule has 2 nitrogen and oxygen atoms in total. The van der Waals surface area contributed by atoms with E-state index in [0.29, 0.717) is 6.07 Å². The fourth-order valence-electron chi connectivity index (χ4n) is 1.19. The number of rotatable bonds is 2. The molecule has 1 aromatic rings. The highest BCUT2D eigenvalue weighted by molar-refractivity contribution is 9.10. The highest BCUT2D eigenvalue weighted by Gasteiger charge is 2.34. The molecule has 0 amide bonds. The smallest absolute Gasteiger partial charge is 0.417 e. The molecule has 0 fully saturated rings. The number of hydrogen-bond acceptors (Lipinski definition) is 2. The second kappa shape index (κ2) is 5.03. The van der Waals surface area contributed by atoms with Crippen molar-refractivity contribution in [1.29, 1.82) is 0 Å². The third-order valence-corrected chi connectivity index (χ3v) is 2.78. The van der Waals surface area contributed by atoms with E-state index in [4.69, 9.17) is 0 Å². The number of methoxy groups -OCH3 is 1. The Morgan fingerprint density at radius 1 is 1.41 bits per heavy atom. The minimum absolute atomic E-state index is 0.0927. The largest absolute Gasteiger partial charge is 0.469 e. The topological polar surface area (TPSA) is 26.3 Å². The van der Waals surface area contributed by atoms with E-state index in [-0.39, 0.29) is 5.56 Å². The fourth-order valence-corrected chi connectivity index (χ4v) is 1.65. The number of hydrogen-bond donors (Lipinski definition) is 0. The molecule has 0 aromatic heterocycles. The summed E-state index contributed by atoms with van der Waals surface area (Å²) in [6, 6.07) is 1.57. The van der Waals surface area contributed by atoms with Crippen molar-refractivity contribution in [1.82, 2.24) is 0 Å². The first-order valence-electron chi connectivity index (χ1n) is 4.37. The van der Waals surface area contributed by atoms with Crippen molar-refractivity contribution in [3.05, 3.63) is 33.5 Å². The van der Waals surface area contributed by atoms with Crippen molar-refractivity contribution in [3.63, 3.8) is 0 Å². The summed E-state index contributed by atoms with van der Waals surface area (Å²) in [6.07, 6.45) is -5.10. The molecule has 0 spiro atoms. The second-order valence-corrected chi connectivity index (χ2v) is 3.98. The monoisotopic (exact) mass is 314 g/mol. The van der Waals surface area contributed by atoms with Gasteiger partial charge in [0.1, 0.15) is 5.82 Å². The van der Waals surface area contributed by atoms with Gasteiger partial charge in [0.15, 0.2) is 0 Å². The Balaban J connectivity index is 3.20. The van der Waals surface area contributed by atoms with Gasteiger partial charge in [0.2, 0.25) is 0 Å². The molecule has 0 unspecified atom stereocenters. The lowest BCUT2D eigenvalue weighted by molar-refractivity contribution is -0.141. The van der Waals surface area contributed by atoms with Crippen LogP contribution in [0.15, 0.2) is 16.6 Å². The second-order valence-electron chi connectivity index (χ2n) is 3.19. The quantitative estimate of drug-likeness (QED) is 0.618. The van der Waals surface area contributed by atoms with Gasteiger partial charge < -0.3 is 4.74 Å². The lowest BCUT2D eigenvalue weighted by Crippen LogP contribution is -2.10. The Hall–Kier alpha value is -1.11. The molecule has 0 radical (unpaired) electrons. The summed E-state index contributed by atoms with van der Waals surface area (Å²) >= 11 is 2.52. The molecule has 7 heteroatoms. The minimum Gasteiger partial charge on any atom is -0.469 e. The number of alkyl halides is 3. The number of esters is 1. The Morgan fingerprint density at radius 3 is 2.47 bits per heavy atom. The van der Waals surface area contributed by atoms with Crippen molar-refractivity contribution in [2.75, 3.05) is 7.11 Å². The highest BCUT2D eigenvalue weighted by Crippen LogP contribution is 2.36. The average Bonchev–Trinajstić information content (AvgIpc) is 2.21. The van der Waals surface area contributed by atoms with E-state index in [1.54, 1.807) is 0 Å². The first-order valence-corrected chi connectivity index (χ1v) is 5.17. The van der Waals surface area contributed by atoms with Crippen LogP contribution in [-0.2, 0) is 22.1 Å². The van der Waals surface area contributed by atoms with Crippen LogP contribution in [-0.4, -0.2) is 13.1 Å². The molecular weight excluding hydrogens is 308 g/mol. The molecular formula is C10H7BrF4O2. The van der Waals surface area contributed by atoms with Crippen LogP contribution in [0.4, 0.5) is 17.6 Å². The van der Waals surface area contributed by atoms with Crippen LogP contribution in [0.25, 0.3) is 0 Å². The van der Waals surface area contributed by atoms with Gasteiger partial charge in [-0.1, -0.05) is 0 Å². The molecule has 0 saturated carbocycles. The number of benzene rings is 1. The van der Waals surface area contributed by atoms with Gasteiger partial charge in [0, 0.05) is 0 Å². The van der Waals surface area contributed by atoms with Crippen LogP contribution in [0.5, 0.6) is 0 Å². The van der Waals surface area contributed by atoms with Gasteiger partial charge in [-0.2, -0.15) is 13.2 Å². The predicted molar refractivity (Wildman–Crippen MR) is 54.8 cm³/mol. The highest BCUT2D eigenvalue weighted by atomic mass is 79.9. The predicted octanol–water partition coefficient (Wildman–Crippen LogP) is 3.32. The molecule has 0 aliphatic rings. The van der Waals surface area contributed by atoms with Gasteiger partial charge in [-0.3, -0.25) is 4.79 Å². The maximum atomic E-state index is 13.2. The molecule has 0 saturated heterocycles. The summed E-state index contributed by atoms with van der Waals surface area (Å²) in [5.41, 5.74) is -1.25. The maximum absolute atomic E-state index is 13.2. The number of ether oxygens (including phenoxy) is 1. The molecule has 0 N–H and O–H groups in total. The summed E-state index contributed by atoms with van der Waals surface area (Å²) in [6.45, 7) is 0. The number of halogens is 5. The molecule has 0 atom stereocenters. The molecule has 0 aliphatic carbocycles.